The molecule has 1 aromatic carbocycles. The third-order valence-electron chi connectivity index (χ3n) is 3.21. The molecule has 1 unspecified atom stereocenters. The van der Waals surface area contributed by atoms with E-state index in [1.165, 1.54) is 0 Å². The first-order valence-corrected chi connectivity index (χ1v) is 6.59. The van der Waals surface area contributed by atoms with Crippen LogP contribution < -0.4 is 9.80 Å². The highest BCUT2D eigenvalue weighted by Gasteiger charge is 2.18. The third kappa shape index (κ3) is 4.16. The smallest absolute Gasteiger partial charge is 0.308 e. The van der Waals surface area contributed by atoms with Crippen molar-refractivity contribution in [2.24, 2.45) is 5.92 Å². The number of hydrogen-bond acceptors (Lipinski definition) is 3. The van der Waals surface area contributed by atoms with E-state index in [1.54, 1.807) is 6.92 Å². The molecule has 1 N–H and O–H groups in total. The first kappa shape index (κ1) is 15.3. The summed E-state index contributed by atoms with van der Waals surface area (Å²) < 4.78 is 0. The number of carbonyl (C=O) groups is 1. The van der Waals surface area contributed by atoms with Gasteiger partial charge in [-0.2, -0.15) is 0 Å². The van der Waals surface area contributed by atoms with Gasteiger partial charge in [0.15, 0.2) is 0 Å². The van der Waals surface area contributed by atoms with Crippen LogP contribution in [-0.2, 0) is 4.79 Å². The first-order chi connectivity index (χ1) is 8.82. The number of anilines is 2. The van der Waals surface area contributed by atoms with Gasteiger partial charge in [0.1, 0.15) is 0 Å². The minimum absolute atomic E-state index is 0.270. The summed E-state index contributed by atoms with van der Waals surface area (Å²) in [6, 6.07) is 8.46. The Morgan fingerprint density at radius 2 is 1.58 bits per heavy atom. The zero-order chi connectivity index (χ0) is 14.6. The van der Waals surface area contributed by atoms with Gasteiger partial charge in [-0.3, -0.25) is 4.79 Å². The van der Waals surface area contributed by atoms with Crippen LogP contribution in [0.3, 0.4) is 0 Å². The first-order valence-electron chi connectivity index (χ1n) is 6.59. The summed E-state index contributed by atoms with van der Waals surface area (Å²) in [6.45, 7) is 6.42. The van der Waals surface area contributed by atoms with Gasteiger partial charge in [0.25, 0.3) is 0 Å². The topological polar surface area (TPSA) is 43.8 Å². The van der Waals surface area contributed by atoms with Crippen LogP contribution >= 0.6 is 0 Å². The molecule has 106 valence electrons. The fraction of sp³-hybridized carbons (Fsp3) is 0.533. The Morgan fingerprint density at radius 1 is 1.11 bits per heavy atom. The van der Waals surface area contributed by atoms with Gasteiger partial charge in [-0.15, -0.1) is 0 Å². The number of benzene rings is 1. The quantitative estimate of drug-likeness (QED) is 0.858. The molecule has 1 atom stereocenters. The minimum atomic E-state index is -0.754. The Balaban J connectivity index is 2.90. The molecule has 0 saturated heterocycles. The maximum absolute atomic E-state index is 11.0. The number of aliphatic carboxylic acids is 1. The number of hydrogen-bond donors (Lipinski definition) is 1. The molecule has 0 aromatic heterocycles. The van der Waals surface area contributed by atoms with Crippen molar-refractivity contribution >= 4 is 17.3 Å². The van der Waals surface area contributed by atoms with Gasteiger partial charge in [-0.25, -0.2) is 0 Å². The second kappa shape index (κ2) is 6.45. The molecular formula is C15H24N2O2. The molecule has 0 fully saturated rings. The van der Waals surface area contributed by atoms with Crippen LogP contribution in [-0.4, -0.2) is 37.8 Å². The number of carboxylic acid groups (broad SMARTS) is 1. The summed E-state index contributed by atoms with van der Waals surface area (Å²) >= 11 is 0. The van der Waals surface area contributed by atoms with Gasteiger partial charge < -0.3 is 14.9 Å². The van der Waals surface area contributed by atoms with E-state index in [0.717, 1.165) is 11.4 Å². The Bertz CT molecular complexity index is 413. The summed E-state index contributed by atoms with van der Waals surface area (Å²) in [5.41, 5.74) is 2.20. The van der Waals surface area contributed by atoms with Crippen LogP contribution in [0.15, 0.2) is 24.3 Å². The highest BCUT2D eigenvalue weighted by molar-refractivity contribution is 5.70. The average molecular weight is 264 g/mol. The van der Waals surface area contributed by atoms with Crippen LogP contribution in [0.5, 0.6) is 0 Å². The van der Waals surface area contributed by atoms with E-state index < -0.39 is 5.97 Å². The monoisotopic (exact) mass is 264 g/mol. The molecule has 4 nitrogen and oxygen atoms in total. The van der Waals surface area contributed by atoms with Crippen molar-refractivity contribution in [3.63, 3.8) is 0 Å². The zero-order valence-corrected chi connectivity index (χ0v) is 12.4. The fourth-order valence-corrected chi connectivity index (χ4v) is 1.93. The average Bonchev–Trinajstić information content (AvgIpc) is 2.35. The van der Waals surface area contributed by atoms with E-state index >= 15 is 0 Å². The SMILES string of the molecule is CC(CN(c1ccc(N(C)C)cc1)C(C)C)C(=O)O. The number of nitrogens with zero attached hydrogens (tertiary/aromatic N) is 2. The van der Waals surface area contributed by atoms with E-state index in [4.69, 9.17) is 5.11 Å². The molecule has 0 spiro atoms. The summed E-state index contributed by atoms with van der Waals surface area (Å²) in [4.78, 5) is 15.2. The Hall–Kier alpha value is -1.71. The van der Waals surface area contributed by atoms with Crippen LogP contribution in [0, 0.1) is 5.92 Å². The van der Waals surface area contributed by atoms with Crippen molar-refractivity contribution in [1.29, 1.82) is 0 Å². The molecule has 4 heteroatoms. The van der Waals surface area contributed by atoms with Gasteiger partial charge >= 0.3 is 5.97 Å². The van der Waals surface area contributed by atoms with Crippen LogP contribution in [0.25, 0.3) is 0 Å². The Morgan fingerprint density at radius 3 is 1.95 bits per heavy atom. The van der Waals surface area contributed by atoms with Gasteiger partial charge in [0.05, 0.1) is 5.92 Å². The van der Waals surface area contributed by atoms with E-state index in [9.17, 15) is 4.79 Å². The molecule has 0 heterocycles. The second-order valence-electron chi connectivity index (χ2n) is 5.40. The van der Waals surface area contributed by atoms with Crippen molar-refractivity contribution < 1.29 is 9.90 Å². The maximum atomic E-state index is 11.0. The summed E-state index contributed by atoms with van der Waals surface area (Å²) in [6.07, 6.45) is 0. The number of carboxylic acids is 1. The molecule has 0 radical (unpaired) electrons. The molecule has 0 bridgehead atoms. The molecule has 1 rings (SSSR count). The minimum Gasteiger partial charge on any atom is -0.481 e. The largest absolute Gasteiger partial charge is 0.481 e. The van der Waals surface area contributed by atoms with Gasteiger partial charge in [-0.1, -0.05) is 6.92 Å². The van der Waals surface area contributed by atoms with E-state index in [0.29, 0.717) is 6.54 Å². The summed E-state index contributed by atoms with van der Waals surface area (Å²) in [7, 11) is 4.00. The van der Waals surface area contributed by atoms with E-state index in [1.807, 2.05) is 31.1 Å². The lowest BCUT2D eigenvalue weighted by molar-refractivity contribution is -0.140. The molecule has 19 heavy (non-hydrogen) atoms. The summed E-state index contributed by atoms with van der Waals surface area (Å²) in [5.74, 6) is -1.13. The number of rotatable bonds is 6. The predicted molar refractivity (Wildman–Crippen MR) is 80.1 cm³/mol. The van der Waals surface area contributed by atoms with Crippen molar-refractivity contribution in [3.8, 4) is 0 Å². The van der Waals surface area contributed by atoms with Crippen LogP contribution in [0.2, 0.25) is 0 Å². The normalized spacial score (nSPS) is 12.3. The molecule has 0 amide bonds. The van der Waals surface area contributed by atoms with Crippen LogP contribution in [0.4, 0.5) is 11.4 Å². The second-order valence-corrected chi connectivity index (χ2v) is 5.40. The molecule has 0 aliphatic heterocycles. The lowest BCUT2D eigenvalue weighted by Gasteiger charge is -2.31. The van der Waals surface area contributed by atoms with E-state index in [2.05, 4.69) is 30.9 Å². The highest BCUT2D eigenvalue weighted by Crippen LogP contribution is 2.22. The van der Waals surface area contributed by atoms with E-state index in [-0.39, 0.29) is 12.0 Å². The van der Waals surface area contributed by atoms with Crippen molar-refractivity contribution in [3.05, 3.63) is 24.3 Å². The lowest BCUT2D eigenvalue weighted by Crippen LogP contribution is -2.37. The van der Waals surface area contributed by atoms with Gasteiger partial charge in [0.2, 0.25) is 0 Å². The maximum Gasteiger partial charge on any atom is 0.308 e. The molecule has 1 aromatic rings. The van der Waals surface area contributed by atoms with Crippen molar-refractivity contribution in [2.45, 2.75) is 26.8 Å². The zero-order valence-electron chi connectivity index (χ0n) is 12.4. The van der Waals surface area contributed by atoms with Crippen molar-refractivity contribution in [2.75, 3.05) is 30.4 Å². The fourth-order valence-electron chi connectivity index (χ4n) is 1.93. The molecule has 0 aliphatic carbocycles. The Labute approximate surface area is 115 Å². The molecular weight excluding hydrogens is 240 g/mol. The van der Waals surface area contributed by atoms with Crippen molar-refractivity contribution in [1.82, 2.24) is 0 Å². The van der Waals surface area contributed by atoms with Crippen LogP contribution in [0.1, 0.15) is 20.8 Å². The lowest BCUT2D eigenvalue weighted by atomic mass is 10.1. The van der Waals surface area contributed by atoms with Gasteiger partial charge in [-0.05, 0) is 38.1 Å². The standard InChI is InChI=1S/C15H24N2O2/c1-11(2)17(10-12(3)15(18)19)14-8-6-13(7-9-14)16(4)5/h6-9,11-12H,10H2,1-5H3,(H,18,19). The van der Waals surface area contributed by atoms with Gasteiger partial charge in [0, 0.05) is 38.1 Å². The Kier molecular flexibility index (Phi) is 5.21. The predicted octanol–water partition coefficient (Wildman–Crippen LogP) is 2.69. The molecule has 0 saturated carbocycles. The third-order valence-corrected chi connectivity index (χ3v) is 3.21. The molecule has 0 aliphatic rings. The highest BCUT2D eigenvalue weighted by atomic mass is 16.4. The summed E-state index contributed by atoms with van der Waals surface area (Å²) in [5, 5.41) is 9.04.